The summed E-state index contributed by atoms with van der Waals surface area (Å²) in [6.45, 7) is 4.26. The van der Waals surface area contributed by atoms with Crippen LogP contribution < -0.4 is 10.5 Å². The van der Waals surface area contributed by atoms with Gasteiger partial charge in [0.25, 0.3) is 0 Å². The molecular weight excluding hydrogens is 260 g/mol. The fourth-order valence-corrected chi connectivity index (χ4v) is 3.22. The van der Waals surface area contributed by atoms with Gasteiger partial charge in [-0.3, -0.25) is 0 Å². The van der Waals surface area contributed by atoms with Gasteiger partial charge in [-0.1, -0.05) is 31.5 Å². The lowest BCUT2D eigenvalue weighted by molar-refractivity contribution is 0.102. The molecule has 0 saturated heterocycles. The molecule has 3 heteroatoms. The first-order valence-corrected chi connectivity index (χ1v) is 7.96. The highest BCUT2D eigenvalue weighted by atomic mass is 16.5. The zero-order valence-corrected chi connectivity index (χ0v) is 12.9. The Balaban J connectivity index is 1.88. The minimum absolute atomic E-state index is 0.108. The molecule has 3 unspecified atom stereocenters. The van der Waals surface area contributed by atoms with Crippen molar-refractivity contribution in [2.24, 2.45) is 11.7 Å². The molecule has 2 aromatic rings. The number of aryl methyl sites for hydroxylation is 1. The second kappa shape index (κ2) is 6.02. The van der Waals surface area contributed by atoms with Crippen LogP contribution in [0.3, 0.4) is 0 Å². The van der Waals surface area contributed by atoms with Crippen LogP contribution >= 0.6 is 0 Å². The lowest BCUT2D eigenvalue weighted by Crippen LogP contribution is -2.43. The van der Waals surface area contributed by atoms with Crippen LogP contribution in [0, 0.1) is 12.8 Å². The number of benzene rings is 1. The predicted molar refractivity (Wildman–Crippen MR) is 86.5 cm³/mol. The highest BCUT2D eigenvalue weighted by Crippen LogP contribution is 2.31. The van der Waals surface area contributed by atoms with Crippen molar-refractivity contribution in [1.82, 2.24) is 4.98 Å². The molecule has 0 amide bonds. The topological polar surface area (TPSA) is 48.1 Å². The summed E-state index contributed by atoms with van der Waals surface area (Å²) in [6, 6.07) is 10.4. The molecule has 112 valence electrons. The van der Waals surface area contributed by atoms with Crippen LogP contribution in [-0.4, -0.2) is 17.1 Å². The highest BCUT2D eigenvalue weighted by Gasteiger charge is 2.29. The second-order valence-electron chi connectivity index (χ2n) is 6.19. The molecule has 0 bridgehead atoms. The smallest absolute Gasteiger partial charge is 0.146 e. The lowest BCUT2D eigenvalue weighted by Gasteiger charge is -2.34. The first-order valence-electron chi connectivity index (χ1n) is 7.96. The van der Waals surface area contributed by atoms with Gasteiger partial charge in [-0.2, -0.15) is 0 Å². The SMILES string of the molecule is CCC1CCC(N)C(Oc2cccc3ccc(C)nc23)C1. The Bertz CT molecular complexity index is 626. The van der Waals surface area contributed by atoms with Gasteiger partial charge in [0.15, 0.2) is 0 Å². The number of nitrogens with two attached hydrogens (primary N) is 1. The summed E-state index contributed by atoms with van der Waals surface area (Å²) in [4.78, 5) is 4.64. The third kappa shape index (κ3) is 3.03. The highest BCUT2D eigenvalue weighted by molar-refractivity contribution is 5.84. The Hall–Kier alpha value is -1.61. The largest absolute Gasteiger partial charge is 0.487 e. The van der Waals surface area contributed by atoms with E-state index in [9.17, 15) is 0 Å². The van der Waals surface area contributed by atoms with Crippen molar-refractivity contribution in [2.75, 3.05) is 0 Å². The van der Waals surface area contributed by atoms with Crippen LogP contribution in [0.1, 0.15) is 38.3 Å². The third-order valence-electron chi connectivity index (χ3n) is 4.63. The molecule has 1 heterocycles. The van der Waals surface area contributed by atoms with Crippen molar-refractivity contribution in [2.45, 2.75) is 51.7 Å². The maximum Gasteiger partial charge on any atom is 0.146 e. The zero-order chi connectivity index (χ0) is 14.8. The number of fused-ring (bicyclic) bond motifs is 1. The Labute approximate surface area is 126 Å². The van der Waals surface area contributed by atoms with E-state index in [-0.39, 0.29) is 12.1 Å². The van der Waals surface area contributed by atoms with Crippen molar-refractivity contribution in [1.29, 1.82) is 0 Å². The van der Waals surface area contributed by atoms with Crippen molar-refractivity contribution >= 4 is 10.9 Å². The number of ether oxygens (including phenoxy) is 1. The summed E-state index contributed by atoms with van der Waals surface area (Å²) in [5.74, 6) is 1.60. The minimum Gasteiger partial charge on any atom is -0.487 e. The zero-order valence-electron chi connectivity index (χ0n) is 12.9. The van der Waals surface area contributed by atoms with E-state index in [0.717, 1.165) is 41.1 Å². The van der Waals surface area contributed by atoms with E-state index >= 15 is 0 Å². The maximum absolute atomic E-state index is 6.28. The van der Waals surface area contributed by atoms with Crippen molar-refractivity contribution in [3.8, 4) is 5.75 Å². The standard InChI is InChI=1S/C18H24N2O/c1-3-13-8-10-15(19)17(11-13)21-16-6-4-5-14-9-7-12(2)20-18(14)16/h4-7,9,13,15,17H,3,8,10-11,19H2,1-2H3. The predicted octanol–water partition coefficient (Wildman–Crippen LogP) is 3.83. The Morgan fingerprint density at radius 3 is 2.90 bits per heavy atom. The van der Waals surface area contributed by atoms with E-state index in [0.29, 0.717) is 0 Å². The quantitative estimate of drug-likeness (QED) is 0.932. The number of rotatable bonds is 3. The van der Waals surface area contributed by atoms with Gasteiger partial charge in [0.05, 0.1) is 0 Å². The molecule has 1 aliphatic rings. The van der Waals surface area contributed by atoms with Gasteiger partial charge in [-0.25, -0.2) is 4.98 Å². The van der Waals surface area contributed by atoms with Crippen LogP contribution in [0.5, 0.6) is 5.75 Å². The number of hydrogen-bond donors (Lipinski definition) is 1. The molecule has 0 spiro atoms. The number of hydrogen-bond acceptors (Lipinski definition) is 3. The molecule has 1 aromatic carbocycles. The van der Waals surface area contributed by atoms with E-state index in [1.54, 1.807) is 0 Å². The maximum atomic E-state index is 6.28. The van der Waals surface area contributed by atoms with E-state index < -0.39 is 0 Å². The summed E-state index contributed by atoms with van der Waals surface area (Å²) in [5.41, 5.74) is 8.23. The van der Waals surface area contributed by atoms with E-state index in [4.69, 9.17) is 10.5 Å². The first-order chi connectivity index (χ1) is 10.2. The van der Waals surface area contributed by atoms with Gasteiger partial charge in [0, 0.05) is 17.1 Å². The van der Waals surface area contributed by atoms with Crippen LogP contribution in [0.25, 0.3) is 10.9 Å². The molecular formula is C18H24N2O. The molecule has 0 aliphatic heterocycles. The Morgan fingerprint density at radius 2 is 2.10 bits per heavy atom. The van der Waals surface area contributed by atoms with Gasteiger partial charge in [0.2, 0.25) is 0 Å². The summed E-state index contributed by atoms with van der Waals surface area (Å²) in [5, 5.41) is 1.12. The monoisotopic (exact) mass is 284 g/mol. The molecule has 3 atom stereocenters. The molecule has 2 N–H and O–H groups in total. The van der Waals surface area contributed by atoms with Crippen LogP contribution in [0.4, 0.5) is 0 Å². The lowest BCUT2D eigenvalue weighted by atomic mass is 9.83. The molecule has 0 radical (unpaired) electrons. The fraction of sp³-hybridized carbons (Fsp3) is 0.500. The normalized spacial score (nSPS) is 26.0. The summed E-state index contributed by atoms with van der Waals surface area (Å²) >= 11 is 0. The average Bonchev–Trinajstić information content (AvgIpc) is 2.50. The average molecular weight is 284 g/mol. The molecule has 1 fully saturated rings. The summed E-state index contributed by atoms with van der Waals surface area (Å²) < 4.78 is 6.28. The van der Waals surface area contributed by atoms with Gasteiger partial charge >= 0.3 is 0 Å². The molecule has 21 heavy (non-hydrogen) atoms. The number of aromatic nitrogens is 1. The van der Waals surface area contributed by atoms with Gasteiger partial charge < -0.3 is 10.5 Å². The van der Waals surface area contributed by atoms with E-state index in [2.05, 4.69) is 24.0 Å². The molecule has 3 nitrogen and oxygen atoms in total. The third-order valence-corrected chi connectivity index (χ3v) is 4.63. The number of nitrogens with zero attached hydrogens (tertiary/aromatic N) is 1. The van der Waals surface area contributed by atoms with Crippen LogP contribution in [-0.2, 0) is 0 Å². The van der Waals surface area contributed by atoms with Crippen molar-refractivity contribution < 1.29 is 4.74 Å². The first kappa shape index (κ1) is 14.3. The van der Waals surface area contributed by atoms with Crippen LogP contribution in [0.15, 0.2) is 30.3 Å². The van der Waals surface area contributed by atoms with Gasteiger partial charge in [0.1, 0.15) is 17.4 Å². The molecule has 1 aliphatic carbocycles. The summed E-state index contributed by atoms with van der Waals surface area (Å²) in [6.07, 6.45) is 4.65. The molecule has 3 rings (SSSR count). The van der Waals surface area contributed by atoms with E-state index in [1.807, 2.05) is 25.1 Å². The minimum atomic E-state index is 0.108. The van der Waals surface area contributed by atoms with Gasteiger partial charge in [-0.15, -0.1) is 0 Å². The van der Waals surface area contributed by atoms with Crippen molar-refractivity contribution in [3.63, 3.8) is 0 Å². The van der Waals surface area contributed by atoms with Gasteiger partial charge in [-0.05, 0) is 44.2 Å². The molecule has 1 saturated carbocycles. The Kier molecular flexibility index (Phi) is 4.11. The number of pyridine rings is 1. The Morgan fingerprint density at radius 1 is 1.24 bits per heavy atom. The number of para-hydroxylation sites is 1. The second-order valence-corrected chi connectivity index (χ2v) is 6.19. The fourth-order valence-electron chi connectivity index (χ4n) is 3.22. The van der Waals surface area contributed by atoms with Crippen LogP contribution in [0.2, 0.25) is 0 Å². The van der Waals surface area contributed by atoms with E-state index in [1.165, 1.54) is 12.8 Å². The molecule has 1 aromatic heterocycles. The van der Waals surface area contributed by atoms with Crippen molar-refractivity contribution in [3.05, 3.63) is 36.0 Å². The summed E-state index contributed by atoms with van der Waals surface area (Å²) in [7, 11) is 0.